The van der Waals surface area contributed by atoms with Crippen molar-refractivity contribution in [1.29, 1.82) is 0 Å². The minimum absolute atomic E-state index is 0.0794. The summed E-state index contributed by atoms with van der Waals surface area (Å²) in [7, 11) is -2.99. The topological polar surface area (TPSA) is 142 Å². The predicted octanol–water partition coefficient (Wildman–Crippen LogP) is 2.68. The van der Waals surface area contributed by atoms with Crippen LogP contribution < -0.4 is 5.32 Å². The molecule has 0 unspecified atom stereocenters. The van der Waals surface area contributed by atoms with Gasteiger partial charge < -0.3 is 24.9 Å². The summed E-state index contributed by atoms with van der Waals surface area (Å²) >= 11 is 0. The summed E-state index contributed by atoms with van der Waals surface area (Å²) in [5, 5.41) is 24.3. The second-order valence-electron chi connectivity index (χ2n) is 10.8. The van der Waals surface area contributed by atoms with Crippen LogP contribution in [0, 0.1) is 16.0 Å². The van der Waals surface area contributed by atoms with Crippen molar-refractivity contribution in [1.82, 2.24) is 4.90 Å². The van der Waals surface area contributed by atoms with Crippen LogP contribution in [0.5, 0.6) is 0 Å². The minimum atomic E-state index is -2.99. The smallest absolute Gasteiger partial charge is 0.269 e. The van der Waals surface area contributed by atoms with Gasteiger partial charge in [-0.3, -0.25) is 19.7 Å². The molecule has 0 saturated carbocycles. The minimum Gasteiger partial charge on any atom is -0.432 e. The van der Waals surface area contributed by atoms with Gasteiger partial charge in [0, 0.05) is 41.4 Å². The number of benzene rings is 2. The number of aliphatic hydroxyl groups is 1. The average molecular weight is 526 g/mol. The molecule has 1 fully saturated rings. The molecule has 3 heterocycles. The van der Waals surface area contributed by atoms with E-state index in [-0.39, 0.29) is 30.7 Å². The maximum absolute atomic E-state index is 13.7. The van der Waals surface area contributed by atoms with E-state index in [9.17, 15) is 29.6 Å². The summed E-state index contributed by atoms with van der Waals surface area (Å²) in [4.78, 5) is 50.9. The number of aliphatic hydroxyl groups excluding tert-OH is 1. The lowest BCUT2D eigenvalue weighted by atomic mass is 9.82. The Morgan fingerprint density at radius 2 is 1.97 bits per heavy atom. The molecule has 0 bridgehead atoms. The summed E-state index contributed by atoms with van der Waals surface area (Å²) in [5.74, 6) is -1.21. The maximum Gasteiger partial charge on any atom is 0.269 e. The number of ether oxygens (including phenoxy) is 1. The van der Waals surface area contributed by atoms with E-state index >= 15 is 0 Å². The van der Waals surface area contributed by atoms with Crippen LogP contribution >= 0.6 is 0 Å². The molecule has 3 aliphatic rings. The van der Waals surface area contributed by atoms with Crippen LogP contribution in [0.4, 0.5) is 11.4 Å². The van der Waals surface area contributed by atoms with Crippen molar-refractivity contribution in [3.05, 3.63) is 69.3 Å². The van der Waals surface area contributed by atoms with Gasteiger partial charge in [0.2, 0.25) is 5.91 Å². The highest BCUT2D eigenvalue weighted by Crippen LogP contribution is 2.58. The van der Waals surface area contributed by atoms with E-state index < -0.39 is 42.3 Å². The summed E-state index contributed by atoms with van der Waals surface area (Å²) in [6.07, 6.45) is -0.321. The number of carbonyl (C=O) groups is 2. The number of nitrogens with zero attached hydrogens (tertiary/aromatic N) is 2. The number of non-ortho nitro benzene ring substituents is 1. The van der Waals surface area contributed by atoms with E-state index in [0.717, 1.165) is 11.1 Å². The van der Waals surface area contributed by atoms with E-state index in [1.165, 1.54) is 18.2 Å². The molecule has 2 aromatic carbocycles. The number of nitro groups is 1. The molecule has 0 aromatic heterocycles. The molecule has 2 aromatic rings. The van der Waals surface area contributed by atoms with Crippen LogP contribution in [0.2, 0.25) is 18.6 Å². The Kier molecular flexibility index (Phi) is 6.22. The van der Waals surface area contributed by atoms with Crippen molar-refractivity contribution in [2.24, 2.45) is 5.92 Å². The molecule has 2 amide bonds. The van der Waals surface area contributed by atoms with Crippen molar-refractivity contribution in [2.45, 2.75) is 62.7 Å². The summed E-state index contributed by atoms with van der Waals surface area (Å²) < 4.78 is 6.46. The Bertz CT molecular complexity index is 1280. The van der Waals surface area contributed by atoms with Crippen LogP contribution in [0.1, 0.15) is 30.0 Å². The number of rotatable bonds is 5. The van der Waals surface area contributed by atoms with E-state index in [4.69, 9.17) is 4.74 Å². The SMILES string of the molecule is C[C@@H]1[C@@H]([Si](C)(C)O)[C@H](CC(=O)N2Cc3ccccc3C[C@H]2CO)O[C@@]12C(=O)Nc1ccc([N+](=O)[O-])cc12. The number of hydrogen-bond acceptors (Lipinski definition) is 7. The lowest BCUT2D eigenvalue weighted by Gasteiger charge is -2.37. The number of nitrogens with one attached hydrogen (secondary N) is 1. The number of anilines is 1. The van der Waals surface area contributed by atoms with Crippen LogP contribution in [0.25, 0.3) is 0 Å². The lowest BCUT2D eigenvalue weighted by molar-refractivity contribution is -0.385. The number of carbonyl (C=O) groups excluding carboxylic acids is 2. The van der Waals surface area contributed by atoms with Gasteiger partial charge in [-0.1, -0.05) is 31.2 Å². The molecule has 1 saturated heterocycles. The number of amides is 2. The largest absolute Gasteiger partial charge is 0.432 e. The Labute approximate surface area is 215 Å². The molecule has 3 aliphatic heterocycles. The third-order valence-electron chi connectivity index (χ3n) is 8.20. The van der Waals surface area contributed by atoms with E-state index in [1.807, 2.05) is 24.3 Å². The highest BCUT2D eigenvalue weighted by Gasteiger charge is 2.65. The van der Waals surface area contributed by atoms with Crippen LogP contribution in [0.15, 0.2) is 42.5 Å². The van der Waals surface area contributed by atoms with Gasteiger partial charge in [-0.25, -0.2) is 0 Å². The summed E-state index contributed by atoms with van der Waals surface area (Å²) in [6.45, 7) is 5.48. The van der Waals surface area contributed by atoms with Crippen LogP contribution in [-0.4, -0.2) is 58.6 Å². The van der Waals surface area contributed by atoms with Gasteiger partial charge >= 0.3 is 0 Å². The monoisotopic (exact) mass is 525 g/mol. The Morgan fingerprint density at radius 1 is 1.27 bits per heavy atom. The first-order valence-electron chi connectivity index (χ1n) is 12.4. The van der Waals surface area contributed by atoms with Gasteiger partial charge in [0.05, 0.1) is 30.1 Å². The first-order valence-corrected chi connectivity index (χ1v) is 15.5. The molecule has 5 atom stereocenters. The third-order valence-corrected chi connectivity index (χ3v) is 10.7. The first-order chi connectivity index (χ1) is 17.5. The van der Waals surface area contributed by atoms with Crippen LogP contribution in [0.3, 0.4) is 0 Å². The fourth-order valence-electron chi connectivity index (χ4n) is 6.53. The van der Waals surface area contributed by atoms with Crippen molar-refractivity contribution >= 4 is 31.5 Å². The van der Waals surface area contributed by atoms with Crippen molar-refractivity contribution < 1.29 is 29.2 Å². The van der Waals surface area contributed by atoms with Crippen LogP contribution in [-0.2, 0) is 32.9 Å². The molecular weight excluding hydrogens is 494 g/mol. The van der Waals surface area contributed by atoms with Gasteiger partial charge in [-0.15, -0.1) is 0 Å². The van der Waals surface area contributed by atoms with Gasteiger partial charge in [0.15, 0.2) is 13.9 Å². The zero-order chi connectivity index (χ0) is 26.7. The molecule has 0 aliphatic carbocycles. The zero-order valence-electron chi connectivity index (χ0n) is 21.0. The molecule has 196 valence electrons. The summed E-state index contributed by atoms with van der Waals surface area (Å²) in [6, 6.07) is 11.6. The van der Waals surface area contributed by atoms with Crippen molar-refractivity contribution in [3.8, 4) is 0 Å². The first kappa shape index (κ1) is 25.5. The Morgan fingerprint density at radius 3 is 2.62 bits per heavy atom. The quantitative estimate of drug-likeness (QED) is 0.309. The van der Waals surface area contributed by atoms with Gasteiger partial charge in [0.25, 0.3) is 11.6 Å². The number of fused-ring (bicyclic) bond motifs is 3. The summed E-state index contributed by atoms with van der Waals surface area (Å²) in [5.41, 5.74) is 0.697. The standard InChI is InChI=1S/C26H31N3O7Si/c1-15-24(37(2,3)35)22(12-23(31)28-13-17-7-5-4-6-16(17)10-19(28)14-30)36-26(15)20-11-18(29(33)34)8-9-21(20)27-25(26)32/h4-9,11,15,19,22,24,30,35H,10,12-14H2,1-3H3,(H,27,32)/t15-,19+,22+,24-,26+/m1/s1. The molecule has 5 rings (SSSR count). The van der Waals surface area contributed by atoms with E-state index in [0.29, 0.717) is 24.2 Å². The fraction of sp³-hybridized carbons (Fsp3) is 0.462. The second-order valence-corrected chi connectivity index (χ2v) is 14.8. The Hall–Kier alpha value is -3.12. The lowest BCUT2D eigenvalue weighted by Crippen LogP contribution is -2.48. The molecule has 10 nitrogen and oxygen atoms in total. The maximum atomic E-state index is 13.7. The number of hydrogen-bond donors (Lipinski definition) is 3. The highest BCUT2D eigenvalue weighted by molar-refractivity contribution is 6.71. The van der Waals surface area contributed by atoms with Gasteiger partial charge in [-0.05, 0) is 36.7 Å². The molecule has 0 radical (unpaired) electrons. The van der Waals surface area contributed by atoms with Crippen molar-refractivity contribution in [3.63, 3.8) is 0 Å². The van der Waals surface area contributed by atoms with E-state index in [1.54, 1.807) is 24.9 Å². The van der Waals surface area contributed by atoms with Gasteiger partial charge in [0.1, 0.15) is 0 Å². The van der Waals surface area contributed by atoms with Gasteiger partial charge in [-0.2, -0.15) is 0 Å². The molecular formula is C26H31N3O7Si. The second kappa shape index (κ2) is 9.01. The van der Waals surface area contributed by atoms with E-state index in [2.05, 4.69) is 5.32 Å². The third kappa shape index (κ3) is 4.06. The average Bonchev–Trinajstić information content (AvgIpc) is 3.30. The number of nitro benzene ring substituents is 1. The normalized spacial score (nSPS) is 28.7. The Balaban J connectivity index is 1.49. The predicted molar refractivity (Wildman–Crippen MR) is 137 cm³/mol. The molecule has 3 N–H and O–H groups in total. The molecule has 1 spiro atoms. The van der Waals surface area contributed by atoms with Crippen molar-refractivity contribution in [2.75, 3.05) is 11.9 Å². The fourth-order valence-corrected chi connectivity index (χ4v) is 9.08. The zero-order valence-corrected chi connectivity index (χ0v) is 22.0. The highest BCUT2D eigenvalue weighted by atomic mass is 28.4. The molecule has 11 heteroatoms. The molecule has 37 heavy (non-hydrogen) atoms.